The van der Waals surface area contributed by atoms with E-state index < -0.39 is 35.7 Å². The number of amides is 3. The van der Waals surface area contributed by atoms with Gasteiger partial charge in [0.1, 0.15) is 17.7 Å². The lowest BCUT2D eigenvalue weighted by Crippen LogP contribution is -2.55. The van der Waals surface area contributed by atoms with Crippen molar-refractivity contribution < 1.29 is 23.9 Å². The lowest BCUT2D eigenvalue weighted by molar-refractivity contribution is -0.140. The molecule has 0 aromatic rings. The lowest BCUT2D eigenvalue weighted by Gasteiger charge is -2.28. The molecule has 3 N–H and O–H groups in total. The van der Waals surface area contributed by atoms with Crippen LogP contribution < -0.4 is 11.1 Å². The molecule has 0 radical (unpaired) electrons. The largest absolute Gasteiger partial charge is 0.444 e. The lowest BCUT2D eigenvalue weighted by atomic mass is 10.1. The average molecular weight is 499 g/mol. The Morgan fingerprint density at radius 3 is 2.72 bits per heavy atom. The van der Waals surface area contributed by atoms with Crippen LogP contribution in [-0.4, -0.2) is 76.9 Å². The minimum atomic E-state index is -0.931. The highest BCUT2D eigenvalue weighted by molar-refractivity contribution is 5.98. The Labute approximate surface area is 212 Å². The maximum Gasteiger partial charge on any atom is 0.410 e. The first-order valence-electron chi connectivity index (χ1n) is 13.0. The van der Waals surface area contributed by atoms with Gasteiger partial charge in [0.05, 0.1) is 12.6 Å². The minimum Gasteiger partial charge on any atom is -0.444 e. The summed E-state index contributed by atoms with van der Waals surface area (Å²) in [5.41, 5.74) is 7.36. The van der Waals surface area contributed by atoms with Gasteiger partial charge >= 0.3 is 6.09 Å². The molecule has 5 unspecified atom stereocenters. The highest BCUT2D eigenvalue weighted by Gasteiger charge is 2.59. The van der Waals surface area contributed by atoms with E-state index in [1.807, 2.05) is 13.0 Å². The zero-order chi connectivity index (χ0) is 26.0. The molecule has 1 saturated carbocycles. The molecule has 0 aromatic heterocycles. The summed E-state index contributed by atoms with van der Waals surface area (Å²) in [4.78, 5) is 55.1. The van der Waals surface area contributed by atoms with E-state index in [1.165, 1.54) is 11.8 Å². The second-order valence-corrected chi connectivity index (χ2v) is 10.6. The molecule has 3 amide bonds. The van der Waals surface area contributed by atoms with Crippen LogP contribution in [0.2, 0.25) is 0 Å². The quantitative estimate of drug-likeness (QED) is 0.576. The Morgan fingerprint density at radius 2 is 2.03 bits per heavy atom. The van der Waals surface area contributed by atoms with Gasteiger partial charge in [-0.15, -0.1) is 0 Å². The van der Waals surface area contributed by atoms with Crippen molar-refractivity contribution >= 4 is 23.7 Å². The fourth-order valence-electron chi connectivity index (χ4n) is 5.60. The molecule has 9 heteroatoms. The van der Waals surface area contributed by atoms with Crippen LogP contribution in [0.4, 0.5) is 4.79 Å². The summed E-state index contributed by atoms with van der Waals surface area (Å²) in [6, 6.07) is -1.58. The maximum atomic E-state index is 13.5. The molecule has 0 spiro atoms. The van der Waals surface area contributed by atoms with Crippen LogP contribution in [0.15, 0.2) is 36.0 Å². The van der Waals surface area contributed by atoms with Crippen LogP contribution in [-0.2, 0) is 19.1 Å². The average Bonchev–Trinajstić information content (AvgIpc) is 3.17. The Kier molecular flexibility index (Phi) is 7.68. The van der Waals surface area contributed by atoms with Crippen molar-refractivity contribution in [3.8, 4) is 0 Å². The zero-order valence-electron chi connectivity index (χ0n) is 21.3. The Morgan fingerprint density at radius 1 is 1.25 bits per heavy atom. The first kappa shape index (κ1) is 26.1. The number of carbonyl (C=O) groups excluding carboxylic acids is 4. The first-order valence-corrected chi connectivity index (χ1v) is 13.0. The van der Waals surface area contributed by atoms with Crippen LogP contribution in [0.25, 0.3) is 0 Å². The molecule has 0 aromatic carbocycles. The van der Waals surface area contributed by atoms with Gasteiger partial charge in [0.15, 0.2) is 5.78 Å². The van der Waals surface area contributed by atoms with Crippen molar-refractivity contribution in [3.63, 3.8) is 0 Å². The molecule has 9 nitrogen and oxygen atoms in total. The predicted molar refractivity (Wildman–Crippen MR) is 135 cm³/mol. The van der Waals surface area contributed by atoms with Gasteiger partial charge in [0.2, 0.25) is 11.8 Å². The summed E-state index contributed by atoms with van der Waals surface area (Å²) in [5, 5.41) is 2.95. The fourth-order valence-corrected chi connectivity index (χ4v) is 5.60. The van der Waals surface area contributed by atoms with E-state index in [2.05, 4.69) is 18.0 Å². The van der Waals surface area contributed by atoms with Crippen molar-refractivity contribution in [1.82, 2.24) is 15.1 Å². The first-order chi connectivity index (χ1) is 17.2. The van der Waals surface area contributed by atoms with E-state index in [4.69, 9.17) is 10.5 Å². The van der Waals surface area contributed by atoms with Crippen LogP contribution in [0.1, 0.15) is 58.8 Å². The zero-order valence-corrected chi connectivity index (χ0v) is 21.3. The number of hydrogen-bond acceptors (Lipinski definition) is 6. The standard InChI is InChI=1S/C27H38N4O5/c1-4-19-15-30(14-17(19)2)26(35)36-21-12-23-24(33)29-27(18(3)32)13-20(27)10-8-6-5-7-9-11-22(28)25(34)31(23)16-21/h4,8,10,20-23H,1,5-7,9,11-16,28H2,2-3H3,(H,29,33). The van der Waals surface area contributed by atoms with Crippen LogP contribution in [0.5, 0.6) is 0 Å². The Hall–Kier alpha value is -2.94. The minimum absolute atomic E-state index is 0.0459. The Balaban J connectivity index is 1.50. The van der Waals surface area contributed by atoms with Crippen LogP contribution in [0, 0.1) is 5.92 Å². The number of nitrogens with one attached hydrogen (secondary N) is 1. The molecule has 2 fully saturated rings. The summed E-state index contributed by atoms with van der Waals surface area (Å²) in [6.07, 6.45) is 9.61. The summed E-state index contributed by atoms with van der Waals surface area (Å²) in [6.45, 7) is 8.21. The molecule has 3 heterocycles. The normalized spacial score (nSPS) is 33.3. The third-order valence-electron chi connectivity index (χ3n) is 8.02. The third kappa shape index (κ3) is 5.26. The van der Waals surface area contributed by atoms with Gasteiger partial charge in [-0.05, 0) is 50.7 Å². The topological polar surface area (TPSA) is 122 Å². The molecular formula is C27H38N4O5. The third-order valence-corrected chi connectivity index (χ3v) is 8.02. The summed E-state index contributed by atoms with van der Waals surface area (Å²) in [7, 11) is 0. The number of nitrogens with two attached hydrogens (primary N) is 1. The van der Waals surface area contributed by atoms with Crippen molar-refractivity contribution in [2.45, 2.75) is 82.5 Å². The second kappa shape index (κ2) is 10.6. The fraction of sp³-hybridized carbons (Fsp3) is 0.630. The highest BCUT2D eigenvalue weighted by atomic mass is 16.6. The summed E-state index contributed by atoms with van der Waals surface area (Å²) in [5.74, 6) is -0.864. The molecule has 1 saturated heterocycles. The number of ether oxygens (including phenoxy) is 1. The van der Waals surface area contributed by atoms with Gasteiger partial charge in [0.25, 0.3) is 0 Å². The number of ketones is 1. The molecule has 36 heavy (non-hydrogen) atoms. The Bertz CT molecular complexity index is 1000. The number of carbonyl (C=O) groups is 4. The van der Waals surface area contributed by atoms with Gasteiger partial charge in [-0.3, -0.25) is 19.3 Å². The SMILES string of the molecule is C=CC1=C(C)CN(C(=O)OC2CC3C(=O)NC4(C(C)=O)CC4C=CCCCCCC(N)C(=O)N3C2)C1. The van der Waals surface area contributed by atoms with Gasteiger partial charge in [-0.25, -0.2) is 4.79 Å². The van der Waals surface area contributed by atoms with E-state index in [0.717, 1.165) is 36.8 Å². The van der Waals surface area contributed by atoms with Crippen molar-refractivity contribution in [1.29, 1.82) is 0 Å². The molecule has 3 aliphatic heterocycles. The number of rotatable bonds is 3. The number of Topliss-reactive ketones (excluding diaryl/α,β-unsaturated/α-hetero) is 1. The summed E-state index contributed by atoms with van der Waals surface area (Å²) < 4.78 is 5.75. The number of hydrogen-bond donors (Lipinski definition) is 2. The number of nitrogens with zero attached hydrogens (tertiary/aromatic N) is 2. The van der Waals surface area contributed by atoms with Gasteiger partial charge in [-0.1, -0.05) is 37.6 Å². The van der Waals surface area contributed by atoms with Crippen molar-refractivity contribution in [3.05, 3.63) is 36.0 Å². The van der Waals surface area contributed by atoms with Crippen molar-refractivity contribution in [2.75, 3.05) is 19.6 Å². The van der Waals surface area contributed by atoms with E-state index in [-0.39, 0.29) is 30.6 Å². The highest BCUT2D eigenvalue weighted by Crippen LogP contribution is 2.46. The predicted octanol–water partition coefficient (Wildman–Crippen LogP) is 2.22. The molecule has 196 valence electrons. The maximum absolute atomic E-state index is 13.5. The van der Waals surface area contributed by atoms with Crippen molar-refractivity contribution in [2.24, 2.45) is 11.7 Å². The smallest absolute Gasteiger partial charge is 0.410 e. The van der Waals surface area contributed by atoms with Gasteiger partial charge in [-0.2, -0.15) is 0 Å². The molecule has 1 aliphatic carbocycles. The monoisotopic (exact) mass is 498 g/mol. The van der Waals surface area contributed by atoms with E-state index in [9.17, 15) is 19.2 Å². The molecular weight excluding hydrogens is 460 g/mol. The molecule has 4 rings (SSSR count). The van der Waals surface area contributed by atoms with E-state index in [1.54, 1.807) is 11.0 Å². The van der Waals surface area contributed by atoms with E-state index in [0.29, 0.717) is 25.9 Å². The van der Waals surface area contributed by atoms with Gasteiger partial charge in [0, 0.05) is 25.4 Å². The molecule has 0 bridgehead atoms. The number of allylic oxidation sites excluding steroid dienone is 1. The van der Waals surface area contributed by atoms with Crippen LogP contribution >= 0.6 is 0 Å². The summed E-state index contributed by atoms with van der Waals surface area (Å²) >= 11 is 0. The second-order valence-electron chi connectivity index (χ2n) is 10.6. The van der Waals surface area contributed by atoms with Crippen LogP contribution in [0.3, 0.4) is 0 Å². The van der Waals surface area contributed by atoms with Gasteiger partial charge < -0.3 is 20.7 Å². The number of fused-ring (bicyclic) bond motifs is 2. The molecule has 4 aliphatic rings. The van der Waals surface area contributed by atoms with E-state index >= 15 is 0 Å². The molecule has 5 atom stereocenters.